The highest BCUT2D eigenvalue weighted by Gasteiger charge is 2.48. The average Bonchev–Trinajstić information content (AvgIpc) is 3.39. The van der Waals surface area contributed by atoms with Gasteiger partial charge in [-0.2, -0.15) is 0 Å². The first-order valence-electron chi connectivity index (χ1n) is 25.6. The average molecular weight is 968 g/mol. The van der Waals surface area contributed by atoms with Gasteiger partial charge in [0.25, 0.3) is 0 Å². The van der Waals surface area contributed by atoms with Crippen LogP contribution in [-0.2, 0) is 40.8 Å². The largest absolute Gasteiger partial charge is 0.508 e. The topological polar surface area (TPSA) is 176 Å². The number of aliphatic hydroxyl groups is 3. The van der Waals surface area contributed by atoms with E-state index in [1.165, 1.54) is 5.56 Å². The molecule has 4 heterocycles. The maximum absolute atomic E-state index is 14.2. The number of ether oxygens (including phenoxy) is 3. The third-order valence-corrected chi connectivity index (χ3v) is 16.0. The number of methoxy groups -OCH3 is 1. The number of guanidine groups is 1. The molecule has 3 aliphatic carbocycles. The molecule has 0 fully saturated rings. The van der Waals surface area contributed by atoms with E-state index in [2.05, 4.69) is 65.7 Å². The fraction of sp³-hybridized carbons (Fsp3) is 0.377. The molecule has 11 bridgehead atoms. The Morgan fingerprint density at radius 1 is 0.972 bits per heavy atom. The number of phenolic OH excluding ortho intramolecular Hbond substituents is 1. The van der Waals surface area contributed by atoms with Crippen molar-refractivity contribution in [1.29, 1.82) is 0 Å². The van der Waals surface area contributed by atoms with Crippen molar-refractivity contribution in [3.05, 3.63) is 158 Å². The van der Waals surface area contributed by atoms with Crippen LogP contribution in [0.3, 0.4) is 0 Å². The molecule has 0 saturated carbocycles. The zero-order valence-corrected chi connectivity index (χ0v) is 41.4. The Hall–Kier alpha value is -7.00. The Balaban J connectivity index is 1.12. The van der Waals surface area contributed by atoms with Crippen molar-refractivity contribution in [1.82, 2.24) is 0 Å². The third kappa shape index (κ3) is 9.46. The van der Waals surface area contributed by atoms with Crippen LogP contribution in [0.1, 0.15) is 133 Å². The van der Waals surface area contributed by atoms with Crippen molar-refractivity contribution in [2.45, 2.75) is 120 Å². The molecule has 0 aromatic heterocycles. The molecule has 0 unspecified atom stereocenters. The van der Waals surface area contributed by atoms with Crippen LogP contribution in [0.4, 0.5) is 5.69 Å². The van der Waals surface area contributed by atoms with Gasteiger partial charge in [-0.25, -0.2) is 0 Å². The fourth-order valence-corrected chi connectivity index (χ4v) is 12.5. The number of allylic oxidation sites excluding steroid dienone is 4. The minimum atomic E-state index is -1.85. The molecule has 0 saturated heterocycles. The molecule has 6 atom stereocenters. The maximum atomic E-state index is 14.2. The predicted molar refractivity (Wildman–Crippen MR) is 282 cm³/mol. The van der Waals surface area contributed by atoms with Crippen LogP contribution >= 0.6 is 0 Å². The number of hydrogen-bond acceptors (Lipinski definition) is 9. The first kappa shape index (κ1) is 48.6. The molecule has 7 aliphatic rings. The summed E-state index contributed by atoms with van der Waals surface area (Å²) in [6.07, 6.45) is 16.1. The molecule has 7 N–H and O–H groups in total. The summed E-state index contributed by atoms with van der Waals surface area (Å²) >= 11 is 0. The molecule has 5 aromatic rings. The molecular weight excluding hydrogens is 903 g/mol. The van der Waals surface area contributed by atoms with E-state index >= 15 is 0 Å². The number of hydrogen-bond donors (Lipinski definition) is 6. The van der Waals surface area contributed by atoms with Crippen LogP contribution in [0.25, 0.3) is 16.8 Å². The van der Waals surface area contributed by atoms with Crippen LogP contribution in [-0.4, -0.2) is 52.4 Å². The number of unbranched alkanes of at least 4 members (excludes halogenated alkanes) is 1. The van der Waals surface area contributed by atoms with Crippen molar-refractivity contribution >= 4 is 34.3 Å². The molecule has 1 spiro atoms. The van der Waals surface area contributed by atoms with Crippen LogP contribution in [0.5, 0.6) is 17.2 Å². The third-order valence-electron chi connectivity index (χ3n) is 16.0. The van der Waals surface area contributed by atoms with Gasteiger partial charge in [0.1, 0.15) is 36.1 Å². The summed E-state index contributed by atoms with van der Waals surface area (Å²) in [4.78, 5) is 18.3. The van der Waals surface area contributed by atoms with E-state index in [4.69, 9.17) is 19.9 Å². The summed E-state index contributed by atoms with van der Waals surface area (Å²) < 4.78 is 19.2. The number of aliphatic imine (C=N–C) groups is 1. The molecule has 5 aromatic carbocycles. The molecule has 11 heteroatoms. The number of rotatable bonds is 9. The van der Waals surface area contributed by atoms with Crippen LogP contribution < -0.4 is 20.5 Å². The molecule has 0 radical (unpaired) electrons. The first-order valence-corrected chi connectivity index (χ1v) is 25.6. The van der Waals surface area contributed by atoms with Gasteiger partial charge in [-0.1, -0.05) is 80.1 Å². The zero-order chi connectivity index (χ0) is 50.1. The van der Waals surface area contributed by atoms with Gasteiger partial charge in [-0.05, 0) is 162 Å². The molecule has 4 aliphatic heterocycles. The van der Waals surface area contributed by atoms with Gasteiger partial charge in [-0.15, -0.1) is 0 Å². The molecule has 72 heavy (non-hydrogen) atoms. The Kier molecular flexibility index (Phi) is 13.9. The Morgan fingerprint density at radius 2 is 1.82 bits per heavy atom. The Labute approximate surface area is 422 Å². The first-order chi connectivity index (χ1) is 34.9. The van der Waals surface area contributed by atoms with E-state index in [-0.39, 0.29) is 60.4 Å². The van der Waals surface area contributed by atoms with E-state index in [1.54, 1.807) is 14.2 Å². The predicted octanol–water partition coefficient (Wildman–Crippen LogP) is 11.0. The molecule has 0 amide bonds. The minimum Gasteiger partial charge on any atom is -0.508 e. The Bertz CT molecular complexity index is 3090. The highest BCUT2D eigenvalue weighted by Crippen LogP contribution is 2.58. The molecule has 11 nitrogen and oxygen atoms in total. The molecular formula is C61H65N3O8. The summed E-state index contributed by atoms with van der Waals surface area (Å²) in [5.74, 6) is 5.00. The Morgan fingerprint density at radius 3 is 2.62 bits per heavy atom. The second kappa shape index (κ2) is 20.6. The van der Waals surface area contributed by atoms with Gasteiger partial charge < -0.3 is 45.7 Å². The minimum absolute atomic E-state index is 0.0104. The number of phenols is 1. The summed E-state index contributed by atoms with van der Waals surface area (Å²) in [5, 5.41) is 52.6. The number of aromatic hydroxyl groups is 1. The number of nitrogens with one attached hydrogen (secondary N) is 1. The number of carbonyl (C=O) groups is 1. The van der Waals surface area contributed by atoms with Crippen LogP contribution in [0, 0.1) is 23.9 Å². The van der Waals surface area contributed by atoms with Crippen molar-refractivity contribution in [2.24, 2.45) is 22.6 Å². The lowest BCUT2D eigenvalue weighted by Gasteiger charge is -2.43. The van der Waals surface area contributed by atoms with E-state index in [9.17, 15) is 25.2 Å². The number of benzene rings is 5. The summed E-state index contributed by atoms with van der Waals surface area (Å²) in [6.45, 7) is 2.11. The van der Waals surface area contributed by atoms with E-state index < -0.39 is 17.8 Å². The van der Waals surface area contributed by atoms with E-state index in [0.717, 1.165) is 75.5 Å². The number of anilines is 1. The van der Waals surface area contributed by atoms with E-state index in [1.807, 2.05) is 66.7 Å². The number of aliphatic hydroxyl groups excluding tert-OH is 2. The number of carbonyl (C=O) groups excluding carboxylic acids is 1. The summed E-state index contributed by atoms with van der Waals surface area (Å²) in [7, 11) is 3.24. The van der Waals surface area contributed by atoms with Gasteiger partial charge in [0.05, 0.1) is 12.5 Å². The van der Waals surface area contributed by atoms with Gasteiger partial charge in [0, 0.05) is 54.1 Å². The zero-order valence-electron chi connectivity index (χ0n) is 41.4. The van der Waals surface area contributed by atoms with Crippen molar-refractivity contribution in [3.8, 4) is 29.3 Å². The second-order valence-corrected chi connectivity index (χ2v) is 20.4. The molecule has 12 rings (SSSR count). The summed E-state index contributed by atoms with van der Waals surface area (Å²) in [5.41, 5.74) is 13.9. The van der Waals surface area contributed by atoms with Gasteiger partial charge in [0.15, 0.2) is 23.7 Å². The quantitative estimate of drug-likeness (QED) is 0.0274. The fourth-order valence-electron chi connectivity index (χ4n) is 12.5. The number of fused-ring (bicyclic) bond motifs is 7. The van der Waals surface area contributed by atoms with E-state index in [0.29, 0.717) is 72.7 Å². The number of nitrogens with two attached hydrogens (primary N) is 1. The number of nitrogens with zero attached hydrogens (tertiary/aromatic N) is 1. The van der Waals surface area contributed by atoms with Crippen molar-refractivity contribution in [2.75, 3.05) is 19.5 Å². The normalized spacial score (nSPS) is 23.7. The number of ketones is 1. The second-order valence-electron chi connectivity index (χ2n) is 20.4. The number of Topliss-reactive ketones (excluding diaryl/α,β-unsaturated/α-hetero) is 1. The van der Waals surface area contributed by atoms with Crippen LogP contribution in [0.2, 0.25) is 0 Å². The van der Waals surface area contributed by atoms with Gasteiger partial charge >= 0.3 is 0 Å². The van der Waals surface area contributed by atoms with Crippen molar-refractivity contribution < 1.29 is 39.4 Å². The monoisotopic (exact) mass is 967 g/mol. The standard InChI is InChI=1S/C61H65N3O8/c1-36-16-21-46-49-35-72-54-29-38(18-23-53(54)70-3)17-20-44(65)33-45-31-42-32-51(66)41(30-40(42)14-8-7-10-37-11-9-15-43(28-37)64-60(62)63-2)19-22-50(39-12-5-4-6-13-39)61(26-27-71-45)25-24-47(56(49)59(68)69)57-55(46)48(36)34-52(67)58(57)61/h4-6,9,11-13,15-16,18,21,23,28-30,32,34,36,40,42,45,50,59,66-69H,7-8,10,14,17,19-20,22,24-25,31,33,35H2,1-3H3,(H3,62,63,64)/t36-,40+,42+,45-,50-,61+/m0/s1. The molecule has 372 valence electrons. The van der Waals surface area contributed by atoms with Crippen LogP contribution in [0.15, 0.2) is 113 Å². The van der Waals surface area contributed by atoms with Gasteiger partial charge in [-0.3, -0.25) is 9.79 Å². The number of aryl methyl sites for hydroxylation is 3. The maximum Gasteiger partial charge on any atom is 0.192 e. The summed E-state index contributed by atoms with van der Waals surface area (Å²) in [6, 6.07) is 26.1. The lowest BCUT2D eigenvalue weighted by atomic mass is 9.58. The SMILES string of the molecule is CN=C(N)Nc1cccc(CCCC[C@@H]2C=C3CC[C@@H](c4ccccc4)[C@@]45C#CO[C@H](CC(=O)CCc6ccc(OC)c(c6)OCc6c(C(O)O)c(c7c4c(O)cc4c7c6C=C[C@@H]4C)CC5)C[C@@H]2C=C3O)c1. The highest BCUT2D eigenvalue weighted by molar-refractivity contribution is 6.04. The smallest absolute Gasteiger partial charge is 0.192 e. The lowest BCUT2D eigenvalue weighted by molar-refractivity contribution is -0.121. The lowest BCUT2D eigenvalue weighted by Crippen LogP contribution is -2.37. The van der Waals surface area contributed by atoms with Crippen molar-refractivity contribution in [3.63, 3.8) is 0 Å². The van der Waals surface area contributed by atoms with Gasteiger partial charge in [0.2, 0.25) is 0 Å². The highest BCUT2D eigenvalue weighted by atomic mass is 16.5.